The summed E-state index contributed by atoms with van der Waals surface area (Å²) in [6.07, 6.45) is 3.09. The van der Waals surface area contributed by atoms with Gasteiger partial charge in [0.05, 0.1) is 23.2 Å². The first-order valence-electron chi connectivity index (χ1n) is 10.2. The number of aromatic nitrogens is 2. The van der Waals surface area contributed by atoms with Crippen molar-refractivity contribution in [2.45, 2.75) is 38.9 Å². The fourth-order valence-electron chi connectivity index (χ4n) is 4.24. The lowest BCUT2D eigenvalue weighted by Crippen LogP contribution is -2.47. The second kappa shape index (κ2) is 7.98. The molecule has 1 aromatic heterocycles. The van der Waals surface area contributed by atoms with E-state index in [1.807, 2.05) is 12.1 Å². The van der Waals surface area contributed by atoms with Crippen LogP contribution in [0.4, 0.5) is 11.6 Å². The molecule has 0 bridgehead atoms. The molecule has 3 heterocycles. The minimum Gasteiger partial charge on any atom is -0.373 e. The topological polar surface area (TPSA) is 44.7 Å². The molecule has 2 saturated heterocycles. The molecule has 0 aliphatic carbocycles. The van der Waals surface area contributed by atoms with Gasteiger partial charge in [0.2, 0.25) is 0 Å². The molecule has 2 aromatic rings. The third kappa shape index (κ3) is 4.17. The van der Waals surface area contributed by atoms with Crippen LogP contribution in [0.2, 0.25) is 0 Å². The molecule has 2 fully saturated rings. The van der Waals surface area contributed by atoms with Gasteiger partial charge in [-0.25, -0.2) is 9.97 Å². The Labute approximate surface area is 162 Å². The summed E-state index contributed by atoms with van der Waals surface area (Å²) in [6, 6.07) is 8.18. The Morgan fingerprint density at radius 2 is 1.67 bits per heavy atom. The summed E-state index contributed by atoms with van der Waals surface area (Å²) in [7, 11) is 2.14. The summed E-state index contributed by atoms with van der Waals surface area (Å²) in [5.41, 5.74) is 1.95. The molecule has 2 aliphatic heterocycles. The van der Waals surface area contributed by atoms with Crippen LogP contribution in [-0.2, 0) is 4.74 Å². The molecule has 27 heavy (non-hydrogen) atoms. The van der Waals surface area contributed by atoms with Crippen molar-refractivity contribution in [1.29, 1.82) is 0 Å². The average Bonchev–Trinajstić information content (AvgIpc) is 3.19. The van der Waals surface area contributed by atoms with E-state index in [1.165, 1.54) is 12.8 Å². The highest BCUT2D eigenvalue weighted by molar-refractivity contribution is 5.80. The lowest BCUT2D eigenvalue weighted by atomic mass is 10.2. The van der Waals surface area contributed by atoms with E-state index >= 15 is 0 Å². The zero-order valence-electron chi connectivity index (χ0n) is 16.8. The summed E-state index contributed by atoms with van der Waals surface area (Å²) in [6.45, 7) is 10.4. The number of anilines is 2. The van der Waals surface area contributed by atoms with Crippen molar-refractivity contribution in [1.82, 2.24) is 14.9 Å². The molecule has 1 aromatic carbocycles. The van der Waals surface area contributed by atoms with Crippen LogP contribution in [0.1, 0.15) is 26.7 Å². The lowest BCUT2D eigenvalue weighted by molar-refractivity contribution is -0.0670. The fraction of sp³-hybridized carbons (Fsp3) is 0.619. The summed E-state index contributed by atoms with van der Waals surface area (Å²) in [4.78, 5) is 17.1. The van der Waals surface area contributed by atoms with Gasteiger partial charge in [-0.15, -0.1) is 0 Å². The van der Waals surface area contributed by atoms with Gasteiger partial charge in [-0.2, -0.15) is 0 Å². The summed E-state index contributed by atoms with van der Waals surface area (Å²) >= 11 is 0. The highest BCUT2D eigenvalue weighted by atomic mass is 16.5. The number of benzene rings is 1. The number of fused-ring (bicyclic) bond motifs is 1. The smallest absolute Gasteiger partial charge is 0.172 e. The minimum absolute atomic E-state index is 0.305. The molecule has 6 heteroatoms. The molecule has 0 unspecified atom stereocenters. The van der Waals surface area contributed by atoms with Gasteiger partial charge in [-0.3, -0.25) is 4.90 Å². The van der Waals surface area contributed by atoms with Crippen molar-refractivity contribution in [2.24, 2.45) is 0 Å². The number of hydrogen-bond donors (Lipinski definition) is 0. The third-order valence-corrected chi connectivity index (χ3v) is 5.55. The van der Waals surface area contributed by atoms with Crippen LogP contribution in [-0.4, -0.2) is 73.4 Å². The van der Waals surface area contributed by atoms with Crippen LogP contribution in [0.15, 0.2) is 24.3 Å². The highest BCUT2D eigenvalue weighted by Gasteiger charge is 2.24. The molecular weight excluding hydrogens is 338 g/mol. The van der Waals surface area contributed by atoms with E-state index < -0.39 is 0 Å². The molecule has 0 saturated carbocycles. The predicted molar refractivity (Wildman–Crippen MR) is 111 cm³/mol. The fourth-order valence-corrected chi connectivity index (χ4v) is 4.24. The van der Waals surface area contributed by atoms with E-state index in [0.717, 1.165) is 61.9 Å². The van der Waals surface area contributed by atoms with Crippen LogP contribution >= 0.6 is 0 Å². The zero-order chi connectivity index (χ0) is 18.8. The SMILES string of the molecule is C[C@@H]1CN(CCN(C)c2nc3ccccc3nc2N2CCCC2)C[C@H](C)O1. The number of morpholine rings is 1. The van der Waals surface area contributed by atoms with Gasteiger partial charge in [0.1, 0.15) is 0 Å². The number of hydrogen-bond acceptors (Lipinski definition) is 6. The molecule has 0 amide bonds. The highest BCUT2D eigenvalue weighted by Crippen LogP contribution is 2.30. The molecule has 0 N–H and O–H groups in total. The molecule has 2 atom stereocenters. The van der Waals surface area contributed by atoms with Crippen molar-refractivity contribution in [3.63, 3.8) is 0 Å². The maximum atomic E-state index is 5.86. The molecule has 6 nitrogen and oxygen atoms in total. The van der Waals surface area contributed by atoms with Crippen molar-refractivity contribution < 1.29 is 4.74 Å². The Kier molecular flexibility index (Phi) is 5.45. The number of rotatable bonds is 5. The van der Waals surface area contributed by atoms with E-state index in [1.54, 1.807) is 0 Å². The molecule has 0 radical (unpaired) electrons. The lowest BCUT2D eigenvalue weighted by Gasteiger charge is -2.36. The van der Waals surface area contributed by atoms with Gasteiger partial charge in [0.25, 0.3) is 0 Å². The van der Waals surface area contributed by atoms with Crippen LogP contribution in [0.3, 0.4) is 0 Å². The standard InChI is InChI=1S/C21H31N5O/c1-16-14-25(15-17(2)27-16)13-12-24(3)20-21(26-10-6-7-11-26)23-19-9-5-4-8-18(19)22-20/h4-5,8-9,16-17H,6-7,10-15H2,1-3H3/t16-,17+. The third-order valence-electron chi connectivity index (χ3n) is 5.55. The molecule has 0 spiro atoms. The predicted octanol–water partition coefficient (Wildman–Crippen LogP) is 2.78. The molecule has 146 valence electrons. The van der Waals surface area contributed by atoms with E-state index in [2.05, 4.69) is 47.7 Å². The maximum Gasteiger partial charge on any atom is 0.172 e. The van der Waals surface area contributed by atoms with Crippen molar-refractivity contribution in [3.05, 3.63) is 24.3 Å². The van der Waals surface area contributed by atoms with Gasteiger partial charge >= 0.3 is 0 Å². The van der Waals surface area contributed by atoms with Gasteiger partial charge in [0.15, 0.2) is 11.6 Å². The van der Waals surface area contributed by atoms with E-state index in [4.69, 9.17) is 14.7 Å². The van der Waals surface area contributed by atoms with Crippen LogP contribution in [0, 0.1) is 0 Å². The van der Waals surface area contributed by atoms with Crippen molar-refractivity contribution in [3.8, 4) is 0 Å². The Hall–Kier alpha value is -1.92. The Morgan fingerprint density at radius 1 is 1.04 bits per heavy atom. The van der Waals surface area contributed by atoms with Gasteiger partial charge in [-0.1, -0.05) is 12.1 Å². The normalized spacial score (nSPS) is 23.9. The monoisotopic (exact) mass is 369 g/mol. The summed E-state index contributed by atoms with van der Waals surface area (Å²) < 4.78 is 5.86. The second-order valence-corrected chi connectivity index (χ2v) is 7.99. The van der Waals surface area contributed by atoms with E-state index in [0.29, 0.717) is 12.2 Å². The molecule has 2 aliphatic rings. The number of likely N-dealkylation sites (N-methyl/N-ethyl adjacent to an activating group) is 1. The van der Waals surface area contributed by atoms with Gasteiger partial charge < -0.3 is 14.5 Å². The zero-order valence-corrected chi connectivity index (χ0v) is 16.8. The van der Waals surface area contributed by atoms with Crippen molar-refractivity contribution in [2.75, 3.05) is 56.1 Å². The largest absolute Gasteiger partial charge is 0.373 e. The average molecular weight is 370 g/mol. The summed E-state index contributed by atoms with van der Waals surface area (Å²) in [5.74, 6) is 2.04. The quantitative estimate of drug-likeness (QED) is 0.808. The molecular formula is C21H31N5O. The number of ether oxygens (including phenoxy) is 1. The van der Waals surface area contributed by atoms with E-state index in [9.17, 15) is 0 Å². The Balaban J connectivity index is 1.54. The van der Waals surface area contributed by atoms with Crippen molar-refractivity contribution >= 4 is 22.7 Å². The van der Waals surface area contributed by atoms with Crippen LogP contribution < -0.4 is 9.80 Å². The first kappa shape index (κ1) is 18.4. The first-order chi connectivity index (χ1) is 13.1. The Bertz CT molecular complexity index is 766. The number of para-hydroxylation sites is 2. The van der Waals surface area contributed by atoms with Gasteiger partial charge in [-0.05, 0) is 38.8 Å². The first-order valence-corrected chi connectivity index (χ1v) is 10.2. The minimum atomic E-state index is 0.305. The van der Waals surface area contributed by atoms with Crippen LogP contribution in [0.25, 0.3) is 11.0 Å². The molecule has 4 rings (SSSR count). The van der Waals surface area contributed by atoms with E-state index in [-0.39, 0.29) is 0 Å². The second-order valence-electron chi connectivity index (χ2n) is 7.99. The number of nitrogens with zero attached hydrogens (tertiary/aromatic N) is 5. The maximum absolute atomic E-state index is 5.86. The van der Waals surface area contributed by atoms with Crippen LogP contribution in [0.5, 0.6) is 0 Å². The Morgan fingerprint density at radius 3 is 2.33 bits per heavy atom. The van der Waals surface area contributed by atoms with Gasteiger partial charge in [0, 0.05) is 46.3 Å². The summed E-state index contributed by atoms with van der Waals surface area (Å²) in [5, 5.41) is 0.